The van der Waals surface area contributed by atoms with Crippen molar-refractivity contribution in [2.45, 2.75) is 20.8 Å². The van der Waals surface area contributed by atoms with Crippen LogP contribution in [-0.4, -0.2) is 9.28 Å². The molecule has 0 aromatic rings. The molecule has 0 heterocycles. The maximum absolute atomic E-state index is 5.38. The Balaban J connectivity index is 4.14. The van der Waals surface area contributed by atoms with Crippen LogP contribution in [0.5, 0.6) is 0 Å². The maximum atomic E-state index is 5.38. The fourth-order valence-electron chi connectivity index (χ4n) is 0.591. The smallest absolute Gasteiger partial charge is 0.473 e. The second-order valence-corrected chi connectivity index (χ2v) is 4.94. The summed E-state index contributed by atoms with van der Waals surface area (Å²) in [6.45, 7) is 16.6. The van der Waals surface area contributed by atoms with Crippen LogP contribution in [0.4, 0.5) is 0 Å². The summed E-state index contributed by atoms with van der Waals surface area (Å²) in [5.74, 6) is 1.33. The minimum Gasteiger partial charge on any atom is -0.516 e. The van der Waals surface area contributed by atoms with Gasteiger partial charge in [0.05, 0.1) is 11.5 Å². The Morgan fingerprint density at radius 2 is 1.25 bits per heavy atom. The molecule has 0 atom stereocenters. The van der Waals surface area contributed by atoms with Gasteiger partial charge in [-0.2, -0.15) is 0 Å². The Morgan fingerprint density at radius 1 is 0.917 bits per heavy atom. The third-order valence-electron chi connectivity index (χ3n) is 1.02. The second kappa shape index (κ2) is 4.82. The molecule has 2 nitrogen and oxygen atoms in total. The third kappa shape index (κ3) is 4.79. The van der Waals surface area contributed by atoms with Crippen molar-refractivity contribution in [3.05, 3.63) is 36.5 Å². The van der Waals surface area contributed by atoms with Gasteiger partial charge in [0.15, 0.2) is 0 Å². The average Bonchev–Trinajstić information content (AvgIpc) is 1.83. The van der Waals surface area contributed by atoms with Crippen molar-refractivity contribution in [2.24, 2.45) is 0 Å². The quantitative estimate of drug-likeness (QED) is 0.482. The van der Waals surface area contributed by atoms with Crippen molar-refractivity contribution in [1.82, 2.24) is 0 Å². The van der Waals surface area contributed by atoms with Crippen molar-refractivity contribution in [3.63, 3.8) is 0 Å². The molecule has 0 aliphatic carbocycles. The monoisotopic (exact) mass is 184 g/mol. The first-order valence-corrected chi connectivity index (χ1v) is 5.25. The minimum atomic E-state index is -1.82. The summed E-state index contributed by atoms with van der Waals surface area (Å²) in [7, 11) is -1.82. The Kier molecular flexibility index (Phi) is 4.44. The summed E-state index contributed by atoms with van der Waals surface area (Å²) in [5.41, 5.74) is 0. The van der Waals surface area contributed by atoms with Gasteiger partial charge in [0.1, 0.15) is 0 Å². The predicted molar refractivity (Wildman–Crippen MR) is 53.8 cm³/mol. The van der Waals surface area contributed by atoms with E-state index >= 15 is 0 Å². The first-order valence-electron chi connectivity index (χ1n) is 3.73. The highest BCUT2D eigenvalue weighted by atomic mass is 28.3. The highest BCUT2D eigenvalue weighted by Crippen LogP contribution is 2.08. The average molecular weight is 184 g/mol. The summed E-state index contributed by atoms with van der Waals surface area (Å²) in [4.78, 5) is 0. The van der Waals surface area contributed by atoms with E-state index in [9.17, 15) is 0 Å². The lowest BCUT2D eigenvalue weighted by atomic mass is 10.7. The topological polar surface area (TPSA) is 18.5 Å². The van der Waals surface area contributed by atoms with Gasteiger partial charge in [-0.05, 0) is 26.0 Å². The first kappa shape index (κ1) is 11.0. The van der Waals surface area contributed by atoms with E-state index in [4.69, 9.17) is 8.85 Å². The molecular weight excluding hydrogens is 168 g/mol. The molecule has 68 valence electrons. The largest absolute Gasteiger partial charge is 0.516 e. The lowest BCUT2D eigenvalue weighted by Crippen LogP contribution is -2.22. The molecule has 0 radical (unpaired) electrons. The van der Waals surface area contributed by atoms with Crippen LogP contribution in [0.1, 0.15) is 20.8 Å². The molecule has 0 aromatic carbocycles. The summed E-state index contributed by atoms with van der Waals surface area (Å²) >= 11 is 0. The molecule has 0 aliphatic rings. The van der Waals surface area contributed by atoms with E-state index < -0.39 is 9.28 Å². The van der Waals surface area contributed by atoms with E-state index in [1.165, 1.54) is 0 Å². The molecule has 0 rings (SSSR count). The fraction of sp³-hybridized carbons (Fsp3) is 0.333. The van der Waals surface area contributed by atoms with E-state index in [2.05, 4.69) is 19.7 Å². The fourth-order valence-corrected chi connectivity index (χ4v) is 1.77. The van der Waals surface area contributed by atoms with Crippen molar-refractivity contribution in [3.8, 4) is 0 Å². The summed E-state index contributed by atoms with van der Waals surface area (Å²) in [5, 5.41) is 0.931. The Labute approximate surface area is 76.0 Å². The highest BCUT2D eigenvalue weighted by Gasteiger charge is 2.16. The number of hydrogen-bond donors (Lipinski definition) is 0. The van der Waals surface area contributed by atoms with Gasteiger partial charge in [0.25, 0.3) is 0 Å². The van der Waals surface area contributed by atoms with Crippen LogP contribution < -0.4 is 0 Å². The SMILES string of the molecule is C=C(C)O[SiH](OC(=C)C)C(=C)C. The lowest BCUT2D eigenvalue weighted by Gasteiger charge is -2.18. The molecule has 12 heavy (non-hydrogen) atoms. The van der Waals surface area contributed by atoms with E-state index in [0.717, 1.165) is 5.20 Å². The van der Waals surface area contributed by atoms with E-state index in [-0.39, 0.29) is 0 Å². The molecule has 3 heteroatoms. The molecule has 0 aliphatic heterocycles. The van der Waals surface area contributed by atoms with Crippen LogP contribution in [0.2, 0.25) is 0 Å². The van der Waals surface area contributed by atoms with Gasteiger partial charge in [-0.1, -0.05) is 19.7 Å². The Bertz CT molecular complexity index is 193. The predicted octanol–water partition coefficient (Wildman–Crippen LogP) is 2.42. The van der Waals surface area contributed by atoms with Gasteiger partial charge in [-0.3, -0.25) is 0 Å². The minimum absolute atomic E-state index is 0.663. The zero-order valence-electron chi connectivity index (χ0n) is 8.02. The van der Waals surface area contributed by atoms with Crippen LogP contribution in [0.15, 0.2) is 36.5 Å². The normalized spacial score (nSPS) is 9.33. The molecule has 0 saturated heterocycles. The molecule has 0 saturated carbocycles. The summed E-state index contributed by atoms with van der Waals surface area (Å²) in [6, 6.07) is 0. The van der Waals surface area contributed by atoms with Crippen LogP contribution in [-0.2, 0) is 8.85 Å². The molecule has 0 spiro atoms. The maximum Gasteiger partial charge on any atom is 0.473 e. The van der Waals surface area contributed by atoms with Gasteiger partial charge < -0.3 is 8.85 Å². The molecule has 0 bridgehead atoms. The molecule has 0 unspecified atom stereocenters. The number of allylic oxidation sites excluding steroid dienone is 3. The molecular formula is C9H16O2Si. The van der Waals surface area contributed by atoms with Gasteiger partial charge in [-0.25, -0.2) is 0 Å². The van der Waals surface area contributed by atoms with Crippen molar-refractivity contribution in [2.75, 3.05) is 0 Å². The third-order valence-corrected chi connectivity index (χ3v) is 3.06. The van der Waals surface area contributed by atoms with Gasteiger partial charge in [0, 0.05) is 0 Å². The van der Waals surface area contributed by atoms with Crippen molar-refractivity contribution >= 4 is 9.28 Å². The van der Waals surface area contributed by atoms with Crippen LogP contribution >= 0.6 is 0 Å². The highest BCUT2D eigenvalue weighted by molar-refractivity contribution is 6.53. The lowest BCUT2D eigenvalue weighted by molar-refractivity contribution is 0.306. The van der Waals surface area contributed by atoms with E-state index in [1.54, 1.807) is 13.8 Å². The van der Waals surface area contributed by atoms with E-state index in [0.29, 0.717) is 11.5 Å². The van der Waals surface area contributed by atoms with Crippen molar-refractivity contribution < 1.29 is 8.85 Å². The van der Waals surface area contributed by atoms with Gasteiger partial charge in [0.2, 0.25) is 0 Å². The number of hydrogen-bond acceptors (Lipinski definition) is 2. The zero-order valence-corrected chi connectivity index (χ0v) is 9.17. The van der Waals surface area contributed by atoms with Crippen LogP contribution in [0.3, 0.4) is 0 Å². The Morgan fingerprint density at radius 3 is 1.42 bits per heavy atom. The van der Waals surface area contributed by atoms with Gasteiger partial charge >= 0.3 is 9.28 Å². The number of rotatable bonds is 5. The van der Waals surface area contributed by atoms with Crippen LogP contribution in [0, 0.1) is 0 Å². The summed E-state index contributed by atoms with van der Waals surface area (Å²) < 4.78 is 10.8. The second-order valence-electron chi connectivity index (χ2n) is 2.82. The Hall–Kier alpha value is -0.963. The first-order chi connectivity index (χ1) is 5.43. The van der Waals surface area contributed by atoms with E-state index in [1.807, 2.05) is 6.92 Å². The summed E-state index contributed by atoms with van der Waals surface area (Å²) in [6.07, 6.45) is 0. The van der Waals surface area contributed by atoms with Gasteiger partial charge in [-0.15, -0.1) is 0 Å². The molecule has 0 N–H and O–H groups in total. The molecule has 0 aromatic heterocycles. The molecule has 0 fully saturated rings. The van der Waals surface area contributed by atoms with Crippen LogP contribution in [0.25, 0.3) is 0 Å². The van der Waals surface area contributed by atoms with Crippen molar-refractivity contribution in [1.29, 1.82) is 0 Å². The zero-order chi connectivity index (χ0) is 9.72. The molecule has 0 amide bonds. The standard InChI is InChI=1S/C9H16O2Si/c1-7(2)10-12(9(5)6)11-8(3)4/h12H,1,3,5H2,2,4,6H3.